The second-order valence-electron chi connectivity index (χ2n) is 14.1. The Labute approximate surface area is 308 Å². The highest BCUT2D eigenvalue weighted by Gasteiger charge is 2.30. The zero-order valence-electron chi connectivity index (χ0n) is 29.5. The molecule has 0 spiro atoms. The summed E-state index contributed by atoms with van der Waals surface area (Å²) >= 11 is 5.86. The number of carbonyl (C=O) groups is 3. The van der Waals surface area contributed by atoms with Gasteiger partial charge in [0, 0.05) is 30.1 Å². The van der Waals surface area contributed by atoms with Gasteiger partial charge >= 0.3 is 6.09 Å². The minimum Gasteiger partial charge on any atom is -0.444 e. The van der Waals surface area contributed by atoms with Gasteiger partial charge in [0.1, 0.15) is 11.6 Å². The van der Waals surface area contributed by atoms with E-state index in [-0.39, 0.29) is 40.3 Å². The molecule has 52 heavy (non-hydrogen) atoms. The first-order valence-electron chi connectivity index (χ1n) is 17.0. The van der Waals surface area contributed by atoms with Crippen molar-refractivity contribution in [1.82, 2.24) is 25.8 Å². The molecule has 5 rings (SSSR count). The molecule has 1 atom stereocenters. The first kappa shape index (κ1) is 38.4. The number of halogens is 1. The van der Waals surface area contributed by atoms with Crippen molar-refractivity contribution < 1.29 is 27.5 Å². The molecule has 1 fully saturated rings. The number of nitrogens with one attached hydrogen (secondary N) is 4. The van der Waals surface area contributed by atoms with E-state index in [1.165, 1.54) is 12.1 Å². The molecule has 6 N–H and O–H groups in total. The standard InChI is InChI=1S/C37H44ClN7O6S/c1-22-19-29(52(39,49)50)17-18-30(22)25-9-5-23(6-10-25)20-31(34(47)41-28-15-13-26(14-16-28)32-43-35(38)45-44-32)42-33(46)27-11-7-24(8-12-27)21-40-36(48)51-37(2,3)4/h5-6,9-10,13-19,24,27,31H,7-8,11-12,20-21H2,1-4H3,(H,40,48)(H,41,47)(H,42,46)(H2,39,49,50)(H,43,44,45). The Morgan fingerprint density at radius 2 is 1.63 bits per heavy atom. The van der Waals surface area contributed by atoms with Crippen LogP contribution in [-0.4, -0.2) is 59.7 Å². The summed E-state index contributed by atoms with van der Waals surface area (Å²) in [5.41, 5.74) is 3.92. The smallest absolute Gasteiger partial charge is 0.407 e. The highest BCUT2D eigenvalue weighted by atomic mass is 35.5. The summed E-state index contributed by atoms with van der Waals surface area (Å²) in [5.74, 6) is -0.202. The number of hydrogen-bond donors (Lipinski definition) is 5. The average Bonchev–Trinajstić information content (AvgIpc) is 3.53. The predicted octanol–water partition coefficient (Wildman–Crippen LogP) is 5.75. The number of nitrogens with zero attached hydrogens (tertiary/aromatic N) is 2. The van der Waals surface area contributed by atoms with Crippen LogP contribution < -0.4 is 21.1 Å². The number of benzene rings is 3. The van der Waals surface area contributed by atoms with Gasteiger partial charge in [-0.15, -0.1) is 0 Å². The zero-order chi connectivity index (χ0) is 37.6. The van der Waals surface area contributed by atoms with E-state index in [4.69, 9.17) is 21.5 Å². The predicted molar refractivity (Wildman–Crippen MR) is 199 cm³/mol. The van der Waals surface area contributed by atoms with E-state index in [2.05, 4.69) is 31.1 Å². The fourth-order valence-electron chi connectivity index (χ4n) is 6.17. The number of hydrogen-bond acceptors (Lipinski definition) is 8. The summed E-state index contributed by atoms with van der Waals surface area (Å²) < 4.78 is 28.9. The van der Waals surface area contributed by atoms with Gasteiger partial charge in [-0.2, -0.15) is 10.1 Å². The lowest BCUT2D eigenvalue weighted by molar-refractivity contribution is -0.130. The van der Waals surface area contributed by atoms with Gasteiger partial charge < -0.3 is 20.7 Å². The van der Waals surface area contributed by atoms with Gasteiger partial charge in [0.15, 0.2) is 5.82 Å². The summed E-state index contributed by atoms with van der Waals surface area (Å²) in [4.78, 5) is 43.6. The van der Waals surface area contributed by atoms with Crippen molar-refractivity contribution in [3.63, 3.8) is 0 Å². The van der Waals surface area contributed by atoms with Crippen molar-refractivity contribution in [2.45, 2.75) is 76.3 Å². The molecule has 1 heterocycles. The summed E-state index contributed by atoms with van der Waals surface area (Å²) in [6, 6.07) is 18.4. The lowest BCUT2D eigenvalue weighted by Crippen LogP contribution is -2.48. The Kier molecular flexibility index (Phi) is 12.0. The van der Waals surface area contributed by atoms with Crippen molar-refractivity contribution in [3.8, 4) is 22.5 Å². The monoisotopic (exact) mass is 749 g/mol. The number of carbonyl (C=O) groups excluding carboxylic acids is 3. The highest BCUT2D eigenvalue weighted by molar-refractivity contribution is 7.89. The Morgan fingerprint density at radius 3 is 2.21 bits per heavy atom. The number of aryl methyl sites for hydroxylation is 1. The summed E-state index contributed by atoms with van der Waals surface area (Å²) in [6.45, 7) is 7.72. The van der Waals surface area contributed by atoms with Crippen LogP contribution in [0.2, 0.25) is 5.28 Å². The third-order valence-electron chi connectivity index (χ3n) is 8.88. The van der Waals surface area contributed by atoms with Crippen LogP contribution in [0.3, 0.4) is 0 Å². The van der Waals surface area contributed by atoms with Crippen LogP contribution in [-0.2, 0) is 30.8 Å². The molecule has 1 aliphatic carbocycles. The van der Waals surface area contributed by atoms with Crippen molar-refractivity contribution in [1.29, 1.82) is 0 Å². The molecule has 1 aromatic heterocycles. The minimum absolute atomic E-state index is 0.0396. The maximum atomic E-state index is 13.8. The number of aromatic nitrogens is 3. The van der Waals surface area contributed by atoms with Crippen LogP contribution in [0.1, 0.15) is 57.6 Å². The first-order valence-corrected chi connectivity index (χ1v) is 19.0. The van der Waals surface area contributed by atoms with E-state index in [0.29, 0.717) is 36.5 Å². The first-order chi connectivity index (χ1) is 24.5. The van der Waals surface area contributed by atoms with Crippen LogP contribution >= 0.6 is 11.6 Å². The van der Waals surface area contributed by atoms with Gasteiger partial charge in [-0.3, -0.25) is 9.59 Å². The third kappa shape index (κ3) is 10.6. The minimum atomic E-state index is -3.83. The molecular formula is C37H44ClN7O6S. The molecule has 3 amide bonds. The molecule has 0 bridgehead atoms. The molecule has 0 radical (unpaired) electrons. The molecule has 4 aromatic rings. The maximum absolute atomic E-state index is 13.8. The molecule has 13 nitrogen and oxygen atoms in total. The number of anilines is 1. The molecule has 276 valence electrons. The normalized spacial score (nSPS) is 16.8. The topological polar surface area (TPSA) is 198 Å². The maximum Gasteiger partial charge on any atom is 0.407 e. The van der Waals surface area contributed by atoms with E-state index in [0.717, 1.165) is 35.1 Å². The van der Waals surface area contributed by atoms with Crippen molar-refractivity contribution in [2.75, 3.05) is 11.9 Å². The van der Waals surface area contributed by atoms with Gasteiger partial charge in [-0.05, 0) is 130 Å². The van der Waals surface area contributed by atoms with Crippen molar-refractivity contribution in [2.24, 2.45) is 17.0 Å². The number of amides is 3. The van der Waals surface area contributed by atoms with Crippen LogP contribution in [0, 0.1) is 18.8 Å². The molecule has 1 saturated carbocycles. The Morgan fingerprint density at radius 1 is 0.981 bits per heavy atom. The van der Waals surface area contributed by atoms with E-state index < -0.39 is 27.8 Å². The number of ether oxygens (including phenoxy) is 1. The van der Waals surface area contributed by atoms with Gasteiger partial charge in [-0.1, -0.05) is 30.3 Å². The van der Waals surface area contributed by atoms with E-state index in [1.807, 2.05) is 52.0 Å². The molecule has 1 unspecified atom stereocenters. The van der Waals surface area contributed by atoms with Gasteiger partial charge in [0.25, 0.3) is 0 Å². The molecule has 0 saturated heterocycles. The fourth-order valence-corrected chi connectivity index (χ4v) is 6.89. The number of sulfonamides is 1. The highest BCUT2D eigenvalue weighted by Crippen LogP contribution is 2.30. The van der Waals surface area contributed by atoms with Crippen LogP contribution in [0.25, 0.3) is 22.5 Å². The van der Waals surface area contributed by atoms with Crippen molar-refractivity contribution in [3.05, 3.63) is 83.1 Å². The van der Waals surface area contributed by atoms with Crippen LogP contribution in [0.4, 0.5) is 10.5 Å². The van der Waals surface area contributed by atoms with Gasteiger partial charge in [-0.25, -0.2) is 23.4 Å². The molecule has 1 aliphatic rings. The number of primary sulfonamides is 1. The Hall–Kier alpha value is -4.79. The number of nitrogens with two attached hydrogens (primary N) is 1. The molecule has 3 aromatic carbocycles. The Bertz CT molecular complexity index is 2000. The van der Waals surface area contributed by atoms with Gasteiger partial charge in [0.05, 0.1) is 4.90 Å². The van der Waals surface area contributed by atoms with E-state index in [1.54, 1.807) is 30.3 Å². The molecule has 15 heteroatoms. The largest absolute Gasteiger partial charge is 0.444 e. The lowest BCUT2D eigenvalue weighted by Gasteiger charge is -2.29. The van der Waals surface area contributed by atoms with Crippen LogP contribution in [0.5, 0.6) is 0 Å². The molecular weight excluding hydrogens is 706 g/mol. The van der Waals surface area contributed by atoms with Crippen molar-refractivity contribution >= 4 is 45.2 Å². The van der Waals surface area contributed by atoms with Crippen LogP contribution in [0.15, 0.2) is 71.6 Å². The fraction of sp³-hybridized carbons (Fsp3) is 0.378. The van der Waals surface area contributed by atoms with Gasteiger partial charge in [0.2, 0.25) is 27.1 Å². The average molecular weight is 750 g/mol. The second kappa shape index (κ2) is 16.3. The lowest BCUT2D eigenvalue weighted by atomic mass is 9.81. The number of alkyl carbamates (subject to hydrolysis) is 1. The summed E-state index contributed by atoms with van der Waals surface area (Å²) in [5, 5.41) is 20.9. The zero-order valence-corrected chi connectivity index (χ0v) is 31.1. The quantitative estimate of drug-likeness (QED) is 0.128. The third-order valence-corrected chi connectivity index (χ3v) is 9.96. The van der Waals surface area contributed by atoms with E-state index >= 15 is 0 Å². The second-order valence-corrected chi connectivity index (χ2v) is 16.0. The molecule has 0 aliphatic heterocycles. The number of H-pyrrole nitrogens is 1. The number of aromatic amines is 1. The SMILES string of the molecule is Cc1cc(S(N)(=O)=O)ccc1-c1ccc(CC(NC(=O)C2CCC(CNC(=O)OC(C)(C)C)CC2)C(=O)Nc2ccc(-c3n[nH]c(Cl)n3)cc2)cc1. The Balaban J connectivity index is 1.26. The van der Waals surface area contributed by atoms with E-state index in [9.17, 15) is 22.8 Å². The number of rotatable bonds is 11. The summed E-state index contributed by atoms with van der Waals surface area (Å²) in [7, 11) is -3.83. The summed E-state index contributed by atoms with van der Waals surface area (Å²) in [6.07, 6.45) is 2.54.